The Kier molecular flexibility index (Phi) is 4.62. The van der Waals surface area contributed by atoms with Crippen molar-refractivity contribution in [1.82, 2.24) is 15.4 Å². The molecule has 0 aromatic carbocycles. The highest BCUT2D eigenvalue weighted by Crippen LogP contribution is 2.24. The molecule has 0 aliphatic carbocycles. The first-order chi connectivity index (χ1) is 9.83. The van der Waals surface area contributed by atoms with Crippen LogP contribution in [-0.4, -0.2) is 52.6 Å². The van der Waals surface area contributed by atoms with E-state index in [9.17, 15) is 4.79 Å². The van der Waals surface area contributed by atoms with Crippen LogP contribution in [-0.2, 0) is 0 Å². The molecule has 0 spiro atoms. The van der Waals surface area contributed by atoms with Crippen molar-refractivity contribution in [2.24, 2.45) is 0 Å². The van der Waals surface area contributed by atoms with Crippen molar-refractivity contribution in [3.63, 3.8) is 0 Å². The molecule has 2 fully saturated rings. The maximum Gasteiger partial charge on any atom is 0.273 e. The number of piperidine rings is 1. The molecular weight excluding hydrogens is 274 g/mol. The molecule has 2 aliphatic heterocycles. The van der Waals surface area contributed by atoms with Crippen molar-refractivity contribution in [3.05, 3.63) is 18.0 Å². The fraction of sp³-hybridized carbons (Fsp3) is 0.714. The lowest BCUT2D eigenvalue weighted by atomic mass is 10.0. The summed E-state index contributed by atoms with van der Waals surface area (Å²) in [5, 5.41) is 6.72. The highest BCUT2D eigenvalue weighted by atomic mass is 32.2. The van der Waals surface area contributed by atoms with Crippen LogP contribution in [0.2, 0.25) is 0 Å². The molecule has 6 heteroatoms. The molecule has 20 heavy (non-hydrogen) atoms. The van der Waals surface area contributed by atoms with E-state index in [0.717, 1.165) is 32.0 Å². The Morgan fingerprint density at radius 2 is 2.05 bits per heavy atom. The molecule has 0 unspecified atom stereocenters. The Bertz CT molecular complexity index is 424. The van der Waals surface area contributed by atoms with E-state index in [0.29, 0.717) is 5.69 Å². The Morgan fingerprint density at radius 1 is 1.30 bits per heavy atom. The number of aromatic nitrogens is 1. The molecule has 0 bridgehead atoms. The minimum atomic E-state index is -0.119. The van der Waals surface area contributed by atoms with Crippen molar-refractivity contribution >= 4 is 17.7 Å². The zero-order valence-electron chi connectivity index (χ0n) is 11.6. The van der Waals surface area contributed by atoms with Crippen molar-refractivity contribution < 1.29 is 9.32 Å². The van der Waals surface area contributed by atoms with Crippen LogP contribution in [0.1, 0.15) is 36.2 Å². The van der Waals surface area contributed by atoms with Crippen LogP contribution >= 0.6 is 11.8 Å². The number of nitrogens with zero attached hydrogens (tertiary/aromatic N) is 2. The second kappa shape index (κ2) is 6.63. The van der Waals surface area contributed by atoms with Crippen LogP contribution in [0.15, 0.2) is 16.9 Å². The lowest BCUT2D eigenvalue weighted by Crippen LogP contribution is -2.48. The third-order valence-electron chi connectivity index (χ3n) is 4.24. The van der Waals surface area contributed by atoms with Gasteiger partial charge in [0.1, 0.15) is 6.26 Å². The molecule has 1 amide bonds. The van der Waals surface area contributed by atoms with Gasteiger partial charge in [0, 0.05) is 31.2 Å². The molecular formula is C14H21N3O2S. The Hall–Kier alpha value is -1.01. The first-order valence-electron chi connectivity index (χ1n) is 7.36. The molecule has 0 saturated carbocycles. The van der Waals surface area contributed by atoms with Gasteiger partial charge in [0.15, 0.2) is 5.69 Å². The minimum absolute atomic E-state index is 0.119. The van der Waals surface area contributed by atoms with Crippen LogP contribution in [0.5, 0.6) is 0 Å². The number of likely N-dealkylation sites (tertiary alicyclic amines) is 1. The topological polar surface area (TPSA) is 58.4 Å². The molecule has 1 N–H and O–H groups in total. The average Bonchev–Trinajstić information content (AvgIpc) is 3.03. The summed E-state index contributed by atoms with van der Waals surface area (Å²) in [7, 11) is 0. The number of amides is 1. The molecule has 1 aromatic rings. The van der Waals surface area contributed by atoms with E-state index in [1.165, 1.54) is 30.6 Å². The van der Waals surface area contributed by atoms with Gasteiger partial charge in [-0.1, -0.05) is 5.16 Å². The highest BCUT2D eigenvalue weighted by molar-refractivity contribution is 7.99. The number of carbonyl (C=O) groups excluding carboxylic acids is 1. The normalized spacial score (nSPS) is 22.8. The van der Waals surface area contributed by atoms with Gasteiger partial charge in [-0.05, 0) is 37.2 Å². The van der Waals surface area contributed by atoms with Crippen LogP contribution in [0.25, 0.3) is 0 Å². The summed E-state index contributed by atoms with van der Waals surface area (Å²) in [4.78, 5) is 14.5. The Morgan fingerprint density at radius 3 is 2.70 bits per heavy atom. The summed E-state index contributed by atoms with van der Waals surface area (Å²) >= 11 is 2.07. The van der Waals surface area contributed by atoms with Gasteiger partial charge in [0.25, 0.3) is 5.91 Å². The quantitative estimate of drug-likeness (QED) is 0.921. The van der Waals surface area contributed by atoms with E-state index in [1.54, 1.807) is 6.07 Å². The van der Waals surface area contributed by atoms with Gasteiger partial charge in [-0.25, -0.2) is 0 Å². The van der Waals surface area contributed by atoms with Gasteiger partial charge in [0.2, 0.25) is 0 Å². The van der Waals surface area contributed by atoms with E-state index in [1.807, 2.05) is 0 Å². The summed E-state index contributed by atoms with van der Waals surface area (Å²) in [5.41, 5.74) is 0.372. The van der Waals surface area contributed by atoms with Crippen LogP contribution in [0.4, 0.5) is 0 Å². The smallest absolute Gasteiger partial charge is 0.273 e. The maximum atomic E-state index is 11.9. The highest BCUT2D eigenvalue weighted by Gasteiger charge is 2.27. The predicted molar refractivity (Wildman–Crippen MR) is 78.9 cm³/mol. The first-order valence-corrected chi connectivity index (χ1v) is 8.51. The Labute approximate surface area is 123 Å². The molecule has 3 rings (SSSR count). The predicted octanol–water partition coefficient (Wildman–Crippen LogP) is 1.76. The third-order valence-corrected chi connectivity index (χ3v) is 5.29. The van der Waals surface area contributed by atoms with E-state index in [-0.39, 0.29) is 11.9 Å². The van der Waals surface area contributed by atoms with Gasteiger partial charge in [-0.2, -0.15) is 11.8 Å². The number of rotatable bonds is 3. The zero-order valence-corrected chi connectivity index (χ0v) is 12.4. The second-order valence-corrected chi connectivity index (χ2v) is 6.74. The fourth-order valence-corrected chi connectivity index (χ4v) is 4.13. The number of hydrogen-bond acceptors (Lipinski definition) is 5. The molecule has 1 aromatic heterocycles. The molecule has 0 radical (unpaired) electrons. The summed E-state index contributed by atoms with van der Waals surface area (Å²) in [5.74, 6) is 2.48. The standard InChI is InChI=1S/C14H21N3O2S/c18-14(13-3-8-19-16-13)15-11-1-6-17(7-2-11)12-4-9-20-10-5-12/h3,8,11-12H,1-2,4-7,9-10H2,(H,15,18). The van der Waals surface area contributed by atoms with Gasteiger partial charge in [0.05, 0.1) is 0 Å². The molecule has 0 atom stereocenters. The van der Waals surface area contributed by atoms with Crippen LogP contribution in [0.3, 0.4) is 0 Å². The number of hydrogen-bond donors (Lipinski definition) is 1. The molecule has 3 heterocycles. The van der Waals surface area contributed by atoms with Crippen LogP contribution in [0, 0.1) is 0 Å². The van der Waals surface area contributed by atoms with Gasteiger partial charge < -0.3 is 14.7 Å². The van der Waals surface area contributed by atoms with Crippen molar-refractivity contribution in [2.45, 2.75) is 37.8 Å². The van der Waals surface area contributed by atoms with Crippen LogP contribution < -0.4 is 5.32 Å². The van der Waals surface area contributed by atoms with Crippen molar-refractivity contribution in [3.8, 4) is 0 Å². The third kappa shape index (κ3) is 3.35. The molecule has 2 saturated heterocycles. The Balaban J connectivity index is 1.45. The largest absolute Gasteiger partial charge is 0.364 e. The van der Waals surface area contributed by atoms with Gasteiger partial charge in [-0.3, -0.25) is 4.79 Å². The second-order valence-electron chi connectivity index (χ2n) is 5.51. The lowest BCUT2D eigenvalue weighted by Gasteiger charge is -2.39. The van der Waals surface area contributed by atoms with Gasteiger partial charge >= 0.3 is 0 Å². The van der Waals surface area contributed by atoms with E-state index < -0.39 is 0 Å². The van der Waals surface area contributed by atoms with E-state index >= 15 is 0 Å². The summed E-state index contributed by atoms with van der Waals surface area (Å²) in [6, 6.07) is 2.64. The monoisotopic (exact) mass is 295 g/mol. The number of nitrogens with one attached hydrogen (secondary N) is 1. The van der Waals surface area contributed by atoms with Crippen molar-refractivity contribution in [1.29, 1.82) is 0 Å². The average molecular weight is 295 g/mol. The SMILES string of the molecule is O=C(NC1CCN(C2CCSCC2)CC1)c1ccon1. The summed E-state index contributed by atoms with van der Waals surface area (Å²) in [6.07, 6.45) is 6.14. The zero-order chi connectivity index (χ0) is 13.8. The van der Waals surface area contributed by atoms with E-state index in [2.05, 4.69) is 27.1 Å². The number of thioether (sulfide) groups is 1. The molecule has 2 aliphatic rings. The summed E-state index contributed by atoms with van der Waals surface area (Å²) < 4.78 is 4.70. The number of carbonyl (C=O) groups is 1. The summed E-state index contributed by atoms with van der Waals surface area (Å²) in [6.45, 7) is 2.19. The lowest BCUT2D eigenvalue weighted by molar-refractivity contribution is 0.0878. The fourth-order valence-electron chi connectivity index (χ4n) is 3.05. The van der Waals surface area contributed by atoms with Crippen molar-refractivity contribution in [2.75, 3.05) is 24.6 Å². The maximum absolute atomic E-state index is 11.9. The minimum Gasteiger partial charge on any atom is -0.364 e. The molecule has 5 nitrogen and oxygen atoms in total. The van der Waals surface area contributed by atoms with Gasteiger partial charge in [-0.15, -0.1) is 0 Å². The first kappa shape index (κ1) is 13.9. The van der Waals surface area contributed by atoms with E-state index in [4.69, 9.17) is 4.52 Å². The molecule has 110 valence electrons.